The van der Waals surface area contributed by atoms with E-state index < -0.39 is 0 Å². The molecule has 2 rings (SSSR count). The summed E-state index contributed by atoms with van der Waals surface area (Å²) >= 11 is 0. The first-order valence-electron chi connectivity index (χ1n) is 5.09. The molecule has 1 N–H and O–H groups in total. The predicted molar refractivity (Wildman–Crippen MR) is 57.4 cm³/mol. The molecule has 0 bridgehead atoms. The molecule has 1 aliphatic rings. The van der Waals surface area contributed by atoms with E-state index in [1.54, 1.807) is 6.33 Å². The zero-order valence-electron chi connectivity index (χ0n) is 8.29. The van der Waals surface area contributed by atoms with Gasteiger partial charge in [0.25, 0.3) is 0 Å². The summed E-state index contributed by atoms with van der Waals surface area (Å²) in [5.74, 6) is 1.02. The predicted octanol–water partition coefficient (Wildman–Crippen LogP) is 1.95. The first-order valence-corrected chi connectivity index (χ1v) is 5.09. The SMILES string of the molecule is C=CCCNc1ncnc2c1CCC2. The van der Waals surface area contributed by atoms with Crippen molar-refractivity contribution < 1.29 is 0 Å². The molecule has 1 aromatic rings. The van der Waals surface area contributed by atoms with Crippen molar-refractivity contribution in [1.82, 2.24) is 9.97 Å². The van der Waals surface area contributed by atoms with Crippen LogP contribution < -0.4 is 5.32 Å². The minimum absolute atomic E-state index is 0.910. The third-order valence-corrected chi connectivity index (χ3v) is 2.52. The van der Waals surface area contributed by atoms with Crippen LogP contribution in [0.4, 0.5) is 5.82 Å². The highest BCUT2D eigenvalue weighted by molar-refractivity contribution is 5.47. The van der Waals surface area contributed by atoms with E-state index in [9.17, 15) is 0 Å². The molecule has 0 saturated heterocycles. The van der Waals surface area contributed by atoms with E-state index in [4.69, 9.17) is 0 Å². The monoisotopic (exact) mass is 189 g/mol. The molecule has 0 spiro atoms. The van der Waals surface area contributed by atoms with Gasteiger partial charge >= 0.3 is 0 Å². The maximum Gasteiger partial charge on any atom is 0.132 e. The largest absolute Gasteiger partial charge is 0.369 e. The van der Waals surface area contributed by atoms with Crippen LogP contribution in [0.2, 0.25) is 0 Å². The Morgan fingerprint density at radius 2 is 2.36 bits per heavy atom. The minimum Gasteiger partial charge on any atom is -0.369 e. The number of aryl methyl sites for hydroxylation is 1. The molecule has 74 valence electrons. The standard InChI is InChI=1S/C11H15N3/c1-2-3-7-12-11-9-5-4-6-10(9)13-8-14-11/h2,8H,1,3-7H2,(H,12,13,14). The second-order valence-corrected chi connectivity index (χ2v) is 3.51. The van der Waals surface area contributed by atoms with E-state index in [1.807, 2.05) is 6.08 Å². The Morgan fingerprint density at radius 1 is 1.43 bits per heavy atom. The lowest BCUT2D eigenvalue weighted by molar-refractivity contribution is 0.899. The maximum atomic E-state index is 4.28. The quantitative estimate of drug-likeness (QED) is 0.581. The van der Waals surface area contributed by atoms with E-state index in [1.165, 1.54) is 17.7 Å². The lowest BCUT2D eigenvalue weighted by atomic mass is 10.2. The fraction of sp³-hybridized carbons (Fsp3) is 0.455. The van der Waals surface area contributed by atoms with Crippen LogP contribution in [0, 0.1) is 0 Å². The van der Waals surface area contributed by atoms with Gasteiger partial charge < -0.3 is 5.32 Å². The van der Waals surface area contributed by atoms with Gasteiger partial charge in [-0.15, -0.1) is 6.58 Å². The highest BCUT2D eigenvalue weighted by atomic mass is 15.0. The van der Waals surface area contributed by atoms with E-state index in [2.05, 4.69) is 21.9 Å². The maximum absolute atomic E-state index is 4.28. The molecule has 14 heavy (non-hydrogen) atoms. The Morgan fingerprint density at radius 3 is 3.21 bits per heavy atom. The molecular weight excluding hydrogens is 174 g/mol. The molecular formula is C11H15N3. The van der Waals surface area contributed by atoms with E-state index in [0.717, 1.165) is 31.6 Å². The van der Waals surface area contributed by atoms with Crippen molar-refractivity contribution in [3.05, 3.63) is 30.2 Å². The van der Waals surface area contributed by atoms with Crippen molar-refractivity contribution in [3.8, 4) is 0 Å². The Kier molecular flexibility index (Phi) is 2.77. The van der Waals surface area contributed by atoms with Crippen LogP contribution in [-0.2, 0) is 12.8 Å². The summed E-state index contributed by atoms with van der Waals surface area (Å²) < 4.78 is 0. The summed E-state index contributed by atoms with van der Waals surface area (Å²) in [6, 6.07) is 0. The van der Waals surface area contributed by atoms with Gasteiger partial charge in [0, 0.05) is 17.8 Å². The molecule has 3 nitrogen and oxygen atoms in total. The number of nitrogens with zero attached hydrogens (tertiary/aromatic N) is 2. The molecule has 0 amide bonds. The van der Waals surface area contributed by atoms with Crippen molar-refractivity contribution in [2.75, 3.05) is 11.9 Å². The van der Waals surface area contributed by atoms with E-state index >= 15 is 0 Å². The number of aromatic nitrogens is 2. The Bertz CT molecular complexity index is 333. The van der Waals surface area contributed by atoms with Gasteiger partial charge in [-0.05, 0) is 25.7 Å². The first-order chi connectivity index (χ1) is 6.92. The van der Waals surface area contributed by atoms with E-state index in [0.29, 0.717) is 0 Å². The van der Waals surface area contributed by atoms with Crippen LogP contribution in [-0.4, -0.2) is 16.5 Å². The van der Waals surface area contributed by atoms with Crippen molar-refractivity contribution in [2.24, 2.45) is 0 Å². The summed E-state index contributed by atoms with van der Waals surface area (Å²) in [5.41, 5.74) is 2.54. The summed E-state index contributed by atoms with van der Waals surface area (Å²) in [7, 11) is 0. The lowest BCUT2D eigenvalue weighted by Crippen LogP contribution is -2.06. The number of fused-ring (bicyclic) bond motifs is 1. The Labute approximate surface area is 84.3 Å². The molecule has 0 fully saturated rings. The Balaban J connectivity index is 2.10. The topological polar surface area (TPSA) is 37.8 Å². The van der Waals surface area contributed by atoms with Crippen LogP contribution in [0.25, 0.3) is 0 Å². The molecule has 0 unspecified atom stereocenters. The van der Waals surface area contributed by atoms with Crippen molar-refractivity contribution in [2.45, 2.75) is 25.7 Å². The highest BCUT2D eigenvalue weighted by Crippen LogP contribution is 2.24. The molecule has 0 saturated carbocycles. The molecule has 0 aliphatic heterocycles. The molecule has 1 aliphatic carbocycles. The number of hydrogen-bond acceptors (Lipinski definition) is 3. The van der Waals surface area contributed by atoms with Crippen LogP contribution >= 0.6 is 0 Å². The molecule has 0 radical (unpaired) electrons. The summed E-state index contributed by atoms with van der Waals surface area (Å²) in [5, 5.41) is 3.32. The molecule has 0 atom stereocenters. The average molecular weight is 189 g/mol. The van der Waals surface area contributed by atoms with Gasteiger partial charge in [0.1, 0.15) is 12.1 Å². The lowest BCUT2D eigenvalue weighted by Gasteiger charge is -2.07. The molecule has 0 aromatic carbocycles. The second-order valence-electron chi connectivity index (χ2n) is 3.51. The summed E-state index contributed by atoms with van der Waals surface area (Å²) in [6.45, 7) is 4.60. The fourth-order valence-corrected chi connectivity index (χ4v) is 1.80. The number of nitrogens with one attached hydrogen (secondary N) is 1. The molecule has 3 heteroatoms. The van der Waals surface area contributed by atoms with Crippen molar-refractivity contribution >= 4 is 5.82 Å². The van der Waals surface area contributed by atoms with Gasteiger partial charge in [0.15, 0.2) is 0 Å². The van der Waals surface area contributed by atoms with Gasteiger partial charge in [0.2, 0.25) is 0 Å². The van der Waals surface area contributed by atoms with Gasteiger partial charge in [0.05, 0.1) is 0 Å². The minimum atomic E-state index is 0.910. The second kappa shape index (κ2) is 4.22. The molecule has 1 heterocycles. The van der Waals surface area contributed by atoms with E-state index in [-0.39, 0.29) is 0 Å². The van der Waals surface area contributed by atoms with Gasteiger partial charge in [-0.25, -0.2) is 9.97 Å². The average Bonchev–Trinajstić information content (AvgIpc) is 2.67. The van der Waals surface area contributed by atoms with Gasteiger partial charge in [-0.1, -0.05) is 6.08 Å². The van der Waals surface area contributed by atoms with Crippen LogP contribution in [0.1, 0.15) is 24.1 Å². The highest BCUT2D eigenvalue weighted by Gasteiger charge is 2.16. The van der Waals surface area contributed by atoms with Gasteiger partial charge in [-0.2, -0.15) is 0 Å². The third kappa shape index (κ3) is 1.76. The fourth-order valence-electron chi connectivity index (χ4n) is 1.80. The van der Waals surface area contributed by atoms with Crippen molar-refractivity contribution in [1.29, 1.82) is 0 Å². The number of anilines is 1. The zero-order chi connectivity index (χ0) is 9.80. The van der Waals surface area contributed by atoms with Crippen LogP contribution in [0.5, 0.6) is 0 Å². The van der Waals surface area contributed by atoms with Crippen LogP contribution in [0.15, 0.2) is 19.0 Å². The van der Waals surface area contributed by atoms with Crippen molar-refractivity contribution in [3.63, 3.8) is 0 Å². The smallest absolute Gasteiger partial charge is 0.132 e. The normalized spacial score (nSPS) is 13.7. The zero-order valence-corrected chi connectivity index (χ0v) is 8.29. The summed E-state index contributed by atoms with van der Waals surface area (Å²) in [4.78, 5) is 8.54. The number of rotatable bonds is 4. The van der Waals surface area contributed by atoms with Crippen LogP contribution in [0.3, 0.4) is 0 Å². The number of hydrogen-bond donors (Lipinski definition) is 1. The van der Waals surface area contributed by atoms with Gasteiger partial charge in [-0.3, -0.25) is 0 Å². The summed E-state index contributed by atoms with van der Waals surface area (Å²) in [6.07, 6.45) is 7.97. The first kappa shape index (κ1) is 9.19. The third-order valence-electron chi connectivity index (χ3n) is 2.52. The Hall–Kier alpha value is -1.38. The molecule has 1 aromatic heterocycles.